The molecule has 0 aliphatic rings. The highest BCUT2D eigenvalue weighted by Crippen LogP contribution is 2.18. The molecule has 84 valence electrons. The lowest BCUT2D eigenvalue weighted by molar-refractivity contribution is 0.0518. The van der Waals surface area contributed by atoms with Crippen molar-refractivity contribution < 1.29 is 9.53 Å². The van der Waals surface area contributed by atoms with E-state index in [9.17, 15) is 4.79 Å². The molecule has 16 heavy (non-hydrogen) atoms. The number of esters is 1. The predicted octanol–water partition coefficient (Wildman–Crippen LogP) is 1.63. The number of carbonyl (C=O) groups excluding carboxylic acids is 1. The van der Waals surface area contributed by atoms with Crippen LogP contribution in [0.15, 0.2) is 23.6 Å². The van der Waals surface area contributed by atoms with Crippen molar-refractivity contribution in [1.82, 2.24) is 14.4 Å². The first-order valence-corrected chi connectivity index (χ1v) is 6.03. The summed E-state index contributed by atoms with van der Waals surface area (Å²) in [5.74, 6) is -0.409. The quantitative estimate of drug-likeness (QED) is 0.600. The van der Waals surface area contributed by atoms with Crippen molar-refractivity contribution in [2.75, 3.05) is 12.9 Å². The molecule has 0 aliphatic carbocycles. The number of nitrogens with zero attached hydrogens (tertiary/aromatic N) is 3. The number of hydrogen-bond acceptors (Lipinski definition) is 5. The molecule has 0 amide bonds. The monoisotopic (exact) mass is 237 g/mol. The van der Waals surface area contributed by atoms with Gasteiger partial charge in [0.25, 0.3) is 0 Å². The van der Waals surface area contributed by atoms with Crippen LogP contribution >= 0.6 is 11.8 Å². The van der Waals surface area contributed by atoms with Gasteiger partial charge in [0.15, 0.2) is 11.3 Å². The molecule has 0 bridgehead atoms. The largest absolute Gasteiger partial charge is 0.461 e. The van der Waals surface area contributed by atoms with Crippen molar-refractivity contribution >= 4 is 23.4 Å². The summed E-state index contributed by atoms with van der Waals surface area (Å²) in [6.07, 6.45) is 6.97. The molecular weight excluding hydrogens is 226 g/mol. The van der Waals surface area contributed by atoms with E-state index in [1.165, 1.54) is 11.8 Å². The van der Waals surface area contributed by atoms with Gasteiger partial charge in [-0.15, -0.1) is 11.8 Å². The fourth-order valence-corrected chi connectivity index (χ4v) is 1.87. The number of fused-ring (bicyclic) bond motifs is 1. The number of hydrogen-bond donors (Lipinski definition) is 0. The van der Waals surface area contributed by atoms with Crippen LogP contribution in [-0.4, -0.2) is 33.2 Å². The van der Waals surface area contributed by atoms with Gasteiger partial charge in [-0.05, 0) is 13.2 Å². The van der Waals surface area contributed by atoms with E-state index in [0.29, 0.717) is 12.3 Å². The van der Waals surface area contributed by atoms with Gasteiger partial charge >= 0.3 is 5.97 Å². The maximum Gasteiger partial charge on any atom is 0.358 e. The summed E-state index contributed by atoms with van der Waals surface area (Å²) in [7, 11) is 0. The second-order valence-electron chi connectivity index (χ2n) is 3.01. The van der Waals surface area contributed by atoms with E-state index in [1.807, 2.05) is 6.26 Å². The van der Waals surface area contributed by atoms with E-state index in [0.717, 1.165) is 10.7 Å². The molecule has 2 heterocycles. The Balaban J connectivity index is 2.51. The van der Waals surface area contributed by atoms with Gasteiger partial charge in [-0.1, -0.05) is 0 Å². The summed E-state index contributed by atoms with van der Waals surface area (Å²) in [5, 5.41) is 0.718. The molecule has 0 unspecified atom stereocenters. The smallest absolute Gasteiger partial charge is 0.358 e. The molecular formula is C10H11N3O2S. The molecule has 0 aromatic carbocycles. The molecule has 0 saturated carbocycles. The van der Waals surface area contributed by atoms with Gasteiger partial charge in [-0.3, -0.25) is 0 Å². The minimum Gasteiger partial charge on any atom is -0.461 e. The first-order valence-electron chi connectivity index (χ1n) is 4.81. The van der Waals surface area contributed by atoms with Crippen LogP contribution in [0.4, 0.5) is 0 Å². The number of imidazole rings is 1. The fourth-order valence-electron chi connectivity index (χ4n) is 1.34. The van der Waals surface area contributed by atoms with Crippen molar-refractivity contribution in [2.45, 2.75) is 11.9 Å². The zero-order chi connectivity index (χ0) is 11.5. The van der Waals surface area contributed by atoms with Gasteiger partial charge in [0.2, 0.25) is 0 Å². The normalized spacial score (nSPS) is 10.6. The second kappa shape index (κ2) is 4.52. The van der Waals surface area contributed by atoms with Crippen molar-refractivity contribution in [1.29, 1.82) is 0 Å². The summed E-state index contributed by atoms with van der Waals surface area (Å²) < 4.78 is 6.68. The molecule has 6 heteroatoms. The average Bonchev–Trinajstić information content (AvgIpc) is 2.75. The zero-order valence-corrected chi connectivity index (χ0v) is 9.82. The van der Waals surface area contributed by atoms with Gasteiger partial charge in [0.05, 0.1) is 6.61 Å². The highest BCUT2D eigenvalue weighted by Gasteiger charge is 2.13. The molecule has 0 atom stereocenters. The third-order valence-electron chi connectivity index (χ3n) is 2.02. The third-order valence-corrected chi connectivity index (χ3v) is 2.68. The minimum atomic E-state index is -0.409. The van der Waals surface area contributed by atoms with E-state index >= 15 is 0 Å². The Morgan fingerprint density at radius 3 is 3.12 bits per heavy atom. The van der Waals surface area contributed by atoms with Crippen molar-refractivity contribution in [2.24, 2.45) is 0 Å². The van der Waals surface area contributed by atoms with Crippen LogP contribution in [0.3, 0.4) is 0 Å². The van der Waals surface area contributed by atoms with Gasteiger partial charge in [0.1, 0.15) is 5.03 Å². The summed E-state index contributed by atoms with van der Waals surface area (Å²) in [6.45, 7) is 2.11. The lowest BCUT2D eigenvalue weighted by atomic mass is 10.4. The molecule has 0 spiro atoms. The van der Waals surface area contributed by atoms with Crippen LogP contribution in [-0.2, 0) is 4.74 Å². The summed E-state index contributed by atoms with van der Waals surface area (Å²) in [4.78, 5) is 19.9. The van der Waals surface area contributed by atoms with Crippen LogP contribution in [0.1, 0.15) is 17.4 Å². The molecule has 0 saturated heterocycles. The average molecular weight is 237 g/mol. The Morgan fingerprint density at radius 1 is 1.62 bits per heavy atom. The minimum absolute atomic E-state index is 0.303. The Hall–Kier alpha value is -1.56. The van der Waals surface area contributed by atoms with Crippen LogP contribution in [0, 0.1) is 0 Å². The highest BCUT2D eigenvalue weighted by atomic mass is 32.2. The number of carbonyl (C=O) groups is 1. The molecule has 0 fully saturated rings. The Kier molecular flexibility index (Phi) is 3.09. The van der Waals surface area contributed by atoms with E-state index in [-0.39, 0.29) is 0 Å². The van der Waals surface area contributed by atoms with Crippen LogP contribution in [0.25, 0.3) is 5.65 Å². The number of thioether (sulfide) groups is 1. The third kappa shape index (κ3) is 1.88. The predicted molar refractivity (Wildman–Crippen MR) is 60.7 cm³/mol. The van der Waals surface area contributed by atoms with Gasteiger partial charge in [-0.25, -0.2) is 14.8 Å². The van der Waals surface area contributed by atoms with Gasteiger partial charge in [0, 0.05) is 18.6 Å². The first-order chi connectivity index (χ1) is 7.76. The van der Waals surface area contributed by atoms with E-state index in [2.05, 4.69) is 9.97 Å². The Bertz CT molecular complexity index is 524. The second-order valence-corrected chi connectivity index (χ2v) is 3.81. The number of aromatic nitrogens is 3. The summed E-state index contributed by atoms with van der Waals surface area (Å²) in [6, 6.07) is 0. The zero-order valence-electron chi connectivity index (χ0n) is 9.01. The van der Waals surface area contributed by atoms with Crippen molar-refractivity contribution in [3.63, 3.8) is 0 Å². The van der Waals surface area contributed by atoms with E-state index < -0.39 is 5.97 Å². The van der Waals surface area contributed by atoms with Gasteiger partial charge in [-0.2, -0.15) is 0 Å². The summed E-state index contributed by atoms with van der Waals surface area (Å²) >= 11 is 1.45. The highest BCUT2D eigenvalue weighted by molar-refractivity contribution is 7.98. The molecule has 2 aromatic heterocycles. The topological polar surface area (TPSA) is 56.5 Å². The maximum absolute atomic E-state index is 11.6. The van der Waals surface area contributed by atoms with Crippen LogP contribution in [0.2, 0.25) is 0 Å². The lowest BCUT2D eigenvalue weighted by Crippen LogP contribution is -2.09. The standard InChI is InChI=1S/C10H11N3O2S/c1-3-15-10(14)7-6-13-5-4-11-8(13)9(12-7)16-2/h4-6H,3H2,1-2H3. The fraction of sp³-hybridized carbons (Fsp3) is 0.300. The van der Waals surface area contributed by atoms with E-state index in [1.54, 1.807) is 29.9 Å². The lowest BCUT2D eigenvalue weighted by Gasteiger charge is -2.04. The SMILES string of the molecule is CCOC(=O)c1cn2ccnc2c(SC)n1. The molecule has 0 radical (unpaired) electrons. The molecule has 0 N–H and O–H groups in total. The number of ether oxygens (including phenoxy) is 1. The number of rotatable bonds is 3. The first kappa shape index (κ1) is 10.9. The Labute approximate surface area is 96.8 Å². The van der Waals surface area contributed by atoms with Gasteiger partial charge < -0.3 is 9.14 Å². The molecule has 2 aromatic rings. The van der Waals surface area contributed by atoms with Crippen molar-refractivity contribution in [3.8, 4) is 0 Å². The maximum atomic E-state index is 11.6. The van der Waals surface area contributed by atoms with Crippen LogP contribution < -0.4 is 0 Å². The Morgan fingerprint density at radius 2 is 2.44 bits per heavy atom. The molecule has 0 aliphatic heterocycles. The molecule has 5 nitrogen and oxygen atoms in total. The molecule has 2 rings (SSSR count). The summed E-state index contributed by atoms with van der Waals surface area (Å²) in [5.41, 5.74) is 1.05. The van der Waals surface area contributed by atoms with Crippen LogP contribution in [0.5, 0.6) is 0 Å². The van der Waals surface area contributed by atoms with E-state index in [4.69, 9.17) is 4.74 Å². The van der Waals surface area contributed by atoms with Crippen molar-refractivity contribution in [3.05, 3.63) is 24.3 Å².